The lowest BCUT2D eigenvalue weighted by Gasteiger charge is -2.22. The summed E-state index contributed by atoms with van der Waals surface area (Å²) < 4.78 is 0. The highest BCUT2D eigenvalue weighted by Gasteiger charge is 2.22. The van der Waals surface area contributed by atoms with E-state index in [4.69, 9.17) is 10.4 Å². The van der Waals surface area contributed by atoms with Gasteiger partial charge in [-0.1, -0.05) is 13.8 Å². The van der Waals surface area contributed by atoms with Crippen LogP contribution in [0.4, 0.5) is 4.79 Å². The molecule has 0 aromatic rings. The van der Waals surface area contributed by atoms with Gasteiger partial charge in [-0.15, -0.1) is 0 Å². The molecule has 18 heavy (non-hydrogen) atoms. The van der Waals surface area contributed by atoms with Crippen molar-refractivity contribution in [1.82, 2.24) is 10.2 Å². The molecular formula is C12H21N3O3. The summed E-state index contributed by atoms with van der Waals surface area (Å²) in [5.74, 6) is -1.55. The Labute approximate surface area is 108 Å². The summed E-state index contributed by atoms with van der Waals surface area (Å²) in [6.07, 6.45) is 0.272. The number of hydrogen-bond acceptors (Lipinski definition) is 3. The SMILES string of the molecule is CCN(CCC#N)C(=O)NCC(C(=O)O)C(C)C. The summed E-state index contributed by atoms with van der Waals surface area (Å²) in [5.41, 5.74) is 0. The quantitative estimate of drug-likeness (QED) is 0.716. The van der Waals surface area contributed by atoms with Gasteiger partial charge in [0.2, 0.25) is 0 Å². The lowest BCUT2D eigenvalue weighted by Crippen LogP contribution is -2.44. The molecule has 2 amide bonds. The lowest BCUT2D eigenvalue weighted by atomic mass is 9.96. The number of hydrogen-bond donors (Lipinski definition) is 2. The van der Waals surface area contributed by atoms with Crippen LogP contribution in [0.3, 0.4) is 0 Å². The van der Waals surface area contributed by atoms with E-state index in [-0.39, 0.29) is 24.9 Å². The largest absolute Gasteiger partial charge is 0.481 e. The third-order valence-corrected chi connectivity index (χ3v) is 2.76. The minimum atomic E-state index is -0.912. The number of amides is 2. The molecule has 0 aliphatic carbocycles. The molecule has 0 radical (unpaired) electrons. The summed E-state index contributed by atoms with van der Waals surface area (Å²) in [6, 6.07) is 1.65. The number of carboxylic acids is 1. The predicted octanol–water partition coefficient (Wildman–Crippen LogP) is 1.29. The Kier molecular flexibility index (Phi) is 7.52. The van der Waals surface area contributed by atoms with Crippen molar-refractivity contribution in [2.75, 3.05) is 19.6 Å². The number of carbonyl (C=O) groups excluding carboxylic acids is 1. The topological polar surface area (TPSA) is 93.4 Å². The molecule has 0 saturated heterocycles. The van der Waals surface area contributed by atoms with Crippen LogP contribution in [-0.4, -0.2) is 41.6 Å². The molecule has 2 N–H and O–H groups in total. The van der Waals surface area contributed by atoms with Gasteiger partial charge in [0.15, 0.2) is 0 Å². The molecule has 6 heteroatoms. The van der Waals surface area contributed by atoms with E-state index >= 15 is 0 Å². The molecule has 1 atom stereocenters. The maximum Gasteiger partial charge on any atom is 0.317 e. The van der Waals surface area contributed by atoms with Crippen LogP contribution in [-0.2, 0) is 4.79 Å². The third kappa shape index (κ3) is 5.53. The number of nitriles is 1. The van der Waals surface area contributed by atoms with Gasteiger partial charge in [0.05, 0.1) is 18.4 Å². The summed E-state index contributed by atoms with van der Waals surface area (Å²) in [7, 11) is 0. The number of urea groups is 1. The fourth-order valence-electron chi connectivity index (χ4n) is 1.51. The zero-order valence-electron chi connectivity index (χ0n) is 11.1. The first kappa shape index (κ1) is 16.2. The molecule has 0 aliphatic rings. The number of nitrogens with zero attached hydrogens (tertiary/aromatic N) is 2. The Balaban J connectivity index is 4.29. The van der Waals surface area contributed by atoms with Gasteiger partial charge in [0, 0.05) is 19.6 Å². The van der Waals surface area contributed by atoms with E-state index in [2.05, 4.69) is 5.32 Å². The Bertz CT molecular complexity index is 323. The molecule has 0 fully saturated rings. The molecule has 0 bridgehead atoms. The third-order valence-electron chi connectivity index (χ3n) is 2.76. The van der Waals surface area contributed by atoms with E-state index in [0.717, 1.165) is 0 Å². The maximum atomic E-state index is 11.7. The van der Waals surface area contributed by atoms with Crippen LogP contribution >= 0.6 is 0 Å². The highest BCUT2D eigenvalue weighted by Crippen LogP contribution is 2.09. The molecule has 0 aromatic carbocycles. The molecule has 6 nitrogen and oxygen atoms in total. The normalized spacial score (nSPS) is 11.7. The van der Waals surface area contributed by atoms with Crippen molar-refractivity contribution in [3.05, 3.63) is 0 Å². The van der Waals surface area contributed by atoms with Gasteiger partial charge in [0.25, 0.3) is 0 Å². The van der Waals surface area contributed by atoms with Crippen molar-refractivity contribution in [2.45, 2.75) is 27.2 Å². The van der Waals surface area contributed by atoms with Gasteiger partial charge >= 0.3 is 12.0 Å². The number of carbonyl (C=O) groups is 2. The van der Waals surface area contributed by atoms with Crippen LogP contribution in [0.25, 0.3) is 0 Å². The van der Waals surface area contributed by atoms with E-state index in [1.165, 1.54) is 4.90 Å². The first-order valence-corrected chi connectivity index (χ1v) is 6.06. The monoisotopic (exact) mass is 255 g/mol. The fraction of sp³-hybridized carbons (Fsp3) is 0.750. The van der Waals surface area contributed by atoms with Crippen LogP contribution in [0.1, 0.15) is 27.2 Å². The number of rotatable bonds is 7. The van der Waals surface area contributed by atoms with E-state index in [0.29, 0.717) is 13.1 Å². The fourth-order valence-corrected chi connectivity index (χ4v) is 1.51. The van der Waals surface area contributed by atoms with Gasteiger partial charge in [-0.2, -0.15) is 5.26 Å². The van der Waals surface area contributed by atoms with Crippen LogP contribution in [0.5, 0.6) is 0 Å². The van der Waals surface area contributed by atoms with Crippen LogP contribution in [0.2, 0.25) is 0 Å². The summed E-state index contributed by atoms with van der Waals surface area (Å²) in [6.45, 7) is 6.38. The van der Waals surface area contributed by atoms with Crippen molar-refractivity contribution >= 4 is 12.0 Å². The molecule has 0 spiro atoms. The second-order valence-corrected chi connectivity index (χ2v) is 4.36. The zero-order chi connectivity index (χ0) is 14.1. The number of nitrogens with one attached hydrogen (secondary N) is 1. The van der Waals surface area contributed by atoms with E-state index in [9.17, 15) is 9.59 Å². The maximum absolute atomic E-state index is 11.7. The van der Waals surface area contributed by atoms with Crippen LogP contribution < -0.4 is 5.32 Å². The van der Waals surface area contributed by atoms with Gasteiger partial charge in [-0.25, -0.2) is 4.79 Å². The molecule has 1 unspecified atom stereocenters. The molecule has 0 aromatic heterocycles. The summed E-state index contributed by atoms with van der Waals surface area (Å²) >= 11 is 0. The second-order valence-electron chi connectivity index (χ2n) is 4.36. The lowest BCUT2D eigenvalue weighted by molar-refractivity contribution is -0.142. The van der Waals surface area contributed by atoms with Crippen LogP contribution in [0.15, 0.2) is 0 Å². The van der Waals surface area contributed by atoms with E-state index < -0.39 is 11.9 Å². The van der Waals surface area contributed by atoms with E-state index in [1.807, 2.05) is 13.0 Å². The van der Waals surface area contributed by atoms with E-state index in [1.54, 1.807) is 13.8 Å². The average Bonchev–Trinajstić information content (AvgIpc) is 2.29. The zero-order valence-corrected chi connectivity index (χ0v) is 11.1. The highest BCUT2D eigenvalue weighted by molar-refractivity contribution is 5.76. The minimum Gasteiger partial charge on any atom is -0.481 e. The van der Waals surface area contributed by atoms with Crippen molar-refractivity contribution in [2.24, 2.45) is 11.8 Å². The molecule has 0 aliphatic heterocycles. The van der Waals surface area contributed by atoms with Crippen molar-refractivity contribution < 1.29 is 14.7 Å². The van der Waals surface area contributed by atoms with Gasteiger partial charge < -0.3 is 15.3 Å². The predicted molar refractivity (Wildman–Crippen MR) is 66.8 cm³/mol. The smallest absolute Gasteiger partial charge is 0.317 e. The minimum absolute atomic E-state index is 0.0445. The Morgan fingerprint density at radius 3 is 2.44 bits per heavy atom. The summed E-state index contributed by atoms with van der Waals surface area (Å²) in [5, 5.41) is 20.1. The van der Waals surface area contributed by atoms with Crippen molar-refractivity contribution in [3.63, 3.8) is 0 Å². The van der Waals surface area contributed by atoms with Crippen LogP contribution in [0, 0.1) is 23.2 Å². The second kappa shape index (κ2) is 8.34. The van der Waals surface area contributed by atoms with Gasteiger partial charge in [0.1, 0.15) is 0 Å². The molecule has 102 valence electrons. The number of aliphatic carboxylic acids is 1. The Hall–Kier alpha value is -1.77. The summed E-state index contributed by atoms with van der Waals surface area (Å²) in [4.78, 5) is 24.2. The van der Waals surface area contributed by atoms with Crippen molar-refractivity contribution in [1.29, 1.82) is 5.26 Å². The first-order chi connectivity index (χ1) is 8.43. The molecule has 0 saturated carbocycles. The number of carboxylic acid groups (broad SMARTS) is 1. The molecule has 0 heterocycles. The highest BCUT2D eigenvalue weighted by atomic mass is 16.4. The van der Waals surface area contributed by atoms with Gasteiger partial charge in [-0.05, 0) is 12.8 Å². The first-order valence-electron chi connectivity index (χ1n) is 6.06. The standard InChI is InChI=1S/C12H21N3O3/c1-4-15(7-5-6-13)12(18)14-8-10(9(2)3)11(16)17/h9-10H,4-5,7-8H2,1-3H3,(H,14,18)(H,16,17). The van der Waals surface area contributed by atoms with Crippen molar-refractivity contribution in [3.8, 4) is 6.07 Å². The molecule has 0 rings (SSSR count). The molecular weight excluding hydrogens is 234 g/mol. The van der Waals surface area contributed by atoms with Gasteiger partial charge in [-0.3, -0.25) is 4.79 Å². The average molecular weight is 255 g/mol. The Morgan fingerprint density at radius 1 is 1.44 bits per heavy atom. The Morgan fingerprint density at radius 2 is 2.06 bits per heavy atom.